The number of methoxy groups -OCH3 is 2. The van der Waals surface area contributed by atoms with Gasteiger partial charge in [-0.2, -0.15) is 0 Å². The van der Waals surface area contributed by atoms with Crippen LogP contribution in [0.15, 0.2) is 24.3 Å². The Bertz CT molecular complexity index is 1460. The third kappa shape index (κ3) is 10.0. The SMILES string of the molecule is CC[C@H](C)C([C@@H](CC(=O)N1CCC[C@H]1[C@H](OC)[C@@H](C)C(=O)N[C@H](CO)Cc1cccc(N)c1)OC)N(C)C(=O)[C@@H](NC(=O)[C@@H]1[C@H]2CC[C@@H]([C@H]2C)N1C)C(C)C. The highest BCUT2D eigenvalue weighted by Crippen LogP contribution is 2.46. The highest BCUT2D eigenvalue weighted by Gasteiger charge is 2.53. The van der Waals surface area contributed by atoms with Crippen LogP contribution in [-0.4, -0.2) is 133 Å². The average Bonchev–Trinajstić information content (AvgIpc) is 3.85. The largest absolute Gasteiger partial charge is 0.399 e. The zero-order chi connectivity index (χ0) is 40.7. The number of ether oxygens (including phenoxy) is 2. The fourth-order valence-electron chi connectivity index (χ4n) is 9.86. The Balaban J connectivity index is 1.45. The Hall–Kier alpha value is -3.26. The zero-order valence-corrected chi connectivity index (χ0v) is 35.0. The average molecular weight is 771 g/mol. The van der Waals surface area contributed by atoms with E-state index in [4.69, 9.17) is 15.2 Å². The lowest BCUT2D eigenvalue weighted by Gasteiger charge is -2.41. The van der Waals surface area contributed by atoms with Crippen LogP contribution in [0.5, 0.6) is 0 Å². The minimum atomic E-state index is -0.727. The molecule has 4 amide bonds. The van der Waals surface area contributed by atoms with E-state index in [1.54, 1.807) is 44.1 Å². The molecule has 2 heterocycles. The predicted octanol–water partition coefficient (Wildman–Crippen LogP) is 3.08. The van der Waals surface area contributed by atoms with Gasteiger partial charge in [0.25, 0.3) is 0 Å². The van der Waals surface area contributed by atoms with Crippen LogP contribution in [0, 0.1) is 29.6 Å². The van der Waals surface area contributed by atoms with Gasteiger partial charge in [0.05, 0.1) is 55.3 Å². The molecule has 1 aromatic rings. The van der Waals surface area contributed by atoms with Crippen molar-refractivity contribution < 1.29 is 33.8 Å². The number of likely N-dealkylation sites (tertiary alicyclic amines) is 2. The maximum absolute atomic E-state index is 14.4. The maximum atomic E-state index is 14.4. The van der Waals surface area contributed by atoms with Crippen LogP contribution in [-0.2, 0) is 35.1 Å². The number of nitrogens with two attached hydrogens (primary N) is 1. The number of likely N-dealkylation sites (N-methyl/N-ethyl adjacent to an activating group) is 2. The summed E-state index contributed by atoms with van der Waals surface area (Å²) >= 11 is 0. The van der Waals surface area contributed by atoms with Crippen LogP contribution >= 0.6 is 0 Å². The molecule has 5 N–H and O–H groups in total. The number of nitrogens with zero attached hydrogens (tertiary/aromatic N) is 3. The van der Waals surface area contributed by atoms with Gasteiger partial charge in [-0.3, -0.25) is 24.1 Å². The summed E-state index contributed by atoms with van der Waals surface area (Å²) < 4.78 is 12.0. The lowest BCUT2D eigenvalue weighted by atomic mass is 9.89. The quantitative estimate of drug-likeness (QED) is 0.155. The highest BCUT2D eigenvalue weighted by molar-refractivity contribution is 5.90. The first kappa shape index (κ1) is 44.5. The fourth-order valence-corrected chi connectivity index (χ4v) is 9.86. The number of nitrogens with one attached hydrogen (secondary N) is 2. The van der Waals surface area contributed by atoms with E-state index >= 15 is 0 Å². The molecule has 0 radical (unpaired) electrons. The van der Waals surface area contributed by atoms with Gasteiger partial charge in [0, 0.05) is 39.5 Å². The van der Waals surface area contributed by atoms with Crippen molar-refractivity contribution in [1.82, 2.24) is 25.3 Å². The second-order valence-corrected chi connectivity index (χ2v) is 16.9. The molecule has 2 aliphatic heterocycles. The molecule has 13 heteroatoms. The smallest absolute Gasteiger partial charge is 0.245 e. The van der Waals surface area contributed by atoms with E-state index in [2.05, 4.69) is 36.3 Å². The third-order valence-corrected chi connectivity index (χ3v) is 13.2. The summed E-state index contributed by atoms with van der Waals surface area (Å²) in [6.45, 7) is 12.3. The van der Waals surface area contributed by atoms with Gasteiger partial charge in [-0.15, -0.1) is 0 Å². The molecule has 55 heavy (non-hydrogen) atoms. The number of aliphatic hydroxyl groups is 1. The molecule has 1 aliphatic carbocycles. The minimum absolute atomic E-state index is 0.00984. The second kappa shape index (κ2) is 19.7. The number of carbonyl (C=O) groups excluding carboxylic acids is 4. The van der Waals surface area contributed by atoms with Gasteiger partial charge in [0.2, 0.25) is 23.6 Å². The third-order valence-electron chi connectivity index (χ3n) is 13.2. The molecule has 1 saturated carbocycles. The fraction of sp³-hybridized carbons (Fsp3) is 0.762. The van der Waals surface area contributed by atoms with E-state index in [0.29, 0.717) is 37.0 Å². The zero-order valence-electron chi connectivity index (χ0n) is 35.0. The van der Waals surface area contributed by atoms with Crippen molar-refractivity contribution in [1.29, 1.82) is 0 Å². The molecule has 2 bridgehead atoms. The highest BCUT2D eigenvalue weighted by atomic mass is 16.5. The van der Waals surface area contributed by atoms with Gasteiger partial charge < -0.3 is 40.7 Å². The van der Waals surface area contributed by atoms with E-state index in [1.807, 2.05) is 39.1 Å². The molecule has 1 aromatic carbocycles. The molecule has 4 rings (SSSR count). The monoisotopic (exact) mass is 771 g/mol. The van der Waals surface area contributed by atoms with Gasteiger partial charge in [0.15, 0.2) is 0 Å². The molecule has 0 aromatic heterocycles. The molecular formula is C42H70N6O7. The van der Waals surface area contributed by atoms with Crippen LogP contribution in [0.1, 0.15) is 85.6 Å². The van der Waals surface area contributed by atoms with Crippen LogP contribution in [0.4, 0.5) is 5.69 Å². The van der Waals surface area contributed by atoms with Gasteiger partial charge >= 0.3 is 0 Å². The number of hydrogen-bond acceptors (Lipinski definition) is 9. The number of aliphatic hydroxyl groups excluding tert-OH is 1. The predicted molar refractivity (Wildman–Crippen MR) is 214 cm³/mol. The molecule has 0 spiro atoms. The van der Waals surface area contributed by atoms with E-state index in [-0.39, 0.29) is 66.5 Å². The topological polar surface area (TPSA) is 167 Å². The van der Waals surface area contributed by atoms with Crippen LogP contribution < -0.4 is 16.4 Å². The van der Waals surface area contributed by atoms with Crippen molar-refractivity contribution in [2.75, 3.05) is 47.2 Å². The number of nitrogen functional groups attached to an aromatic ring is 1. The van der Waals surface area contributed by atoms with Gasteiger partial charge in [-0.1, -0.05) is 60.1 Å². The molecule has 3 fully saturated rings. The van der Waals surface area contributed by atoms with Crippen LogP contribution in [0.2, 0.25) is 0 Å². The number of benzene rings is 1. The first-order valence-corrected chi connectivity index (χ1v) is 20.5. The van der Waals surface area contributed by atoms with Crippen molar-refractivity contribution in [3.63, 3.8) is 0 Å². The Morgan fingerprint density at radius 1 is 1.05 bits per heavy atom. The summed E-state index contributed by atoms with van der Waals surface area (Å²) in [5.41, 5.74) is 7.45. The summed E-state index contributed by atoms with van der Waals surface area (Å²) in [5.74, 6) is -0.727. The Morgan fingerprint density at radius 3 is 2.33 bits per heavy atom. The first-order chi connectivity index (χ1) is 26.1. The second-order valence-electron chi connectivity index (χ2n) is 16.9. The number of carbonyl (C=O) groups is 4. The summed E-state index contributed by atoms with van der Waals surface area (Å²) in [4.78, 5) is 61.6. The van der Waals surface area contributed by atoms with Crippen molar-refractivity contribution in [2.24, 2.45) is 29.6 Å². The normalized spacial score (nSPS) is 26.3. The Kier molecular flexibility index (Phi) is 16.0. The van der Waals surface area contributed by atoms with Crippen LogP contribution in [0.3, 0.4) is 0 Å². The first-order valence-electron chi connectivity index (χ1n) is 20.5. The van der Waals surface area contributed by atoms with Crippen molar-refractivity contribution in [3.8, 4) is 0 Å². The molecule has 2 saturated heterocycles. The number of amides is 4. The van der Waals surface area contributed by atoms with Gasteiger partial charge in [-0.05, 0) is 80.5 Å². The van der Waals surface area contributed by atoms with E-state index in [0.717, 1.165) is 31.2 Å². The van der Waals surface area contributed by atoms with Gasteiger partial charge in [-0.25, -0.2) is 0 Å². The Morgan fingerprint density at radius 2 is 1.76 bits per heavy atom. The molecular weight excluding hydrogens is 700 g/mol. The standard InChI is InChI=1S/C42H70N6O7/c1-11-25(4)37(47(8)42(53)36(24(2)3)45-41(52)38-31-17-18-32(26(31)5)46(38)7)34(54-9)22-35(50)48-19-13-16-33(48)39(55-10)27(6)40(51)44-30(23-49)21-28-14-12-15-29(43)20-28/h12,14-15,20,24-27,30-34,36-39,49H,11,13,16-19,21-23,43H2,1-10H3,(H,44,51)(H,45,52)/t25-,26-,27+,30-,31-,32-,33-,34+,36-,37?,38-,39+/m0/s1. The van der Waals surface area contributed by atoms with E-state index in [1.165, 1.54) is 0 Å². The van der Waals surface area contributed by atoms with E-state index < -0.39 is 36.3 Å². The number of hydrogen-bond donors (Lipinski definition) is 4. The van der Waals surface area contributed by atoms with Gasteiger partial charge in [0.1, 0.15) is 6.04 Å². The number of piperidine rings is 1. The van der Waals surface area contributed by atoms with Crippen molar-refractivity contribution >= 4 is 29.3 Å². The molecule has 13 nitrogen and oxygen atoms in total. The summed E-state index contributed by atoms with van der Waals surface area (Å²) in [6, 6.07) is 5.49. The molecule has 1 unspecified atom stereocenters. The lowest BCUT2D eigenvalue weighted by Crippen LogP contribution is -2.60. The number of anilines is 1. The van der Waals surface area contributed by atoms with Crippen LogP contribution in [0.25, 0.3) is 0 Å². The molecule has 12 atom stereocenters. The lowest BCUT2D eigenvalue weighted by molar-refractivity contribution is -0.148. The number of rotatable bonds is 19. The van der Waals surface area contributed by atoms with E-state index in [9.17, 15) is 24.3 Å². The minimum Gasteiger partial charge on any atom is -0.399 e. The molecule has 310 valence electrons. The Labute approximate surface area is 329 Å². The maximum Gasteiger partial charge on any atom is 0.245 e. The number of fused-ring (bicyclic) bond motifs is 2. The summed E-state index contributed by atoms with van der Waals surface area (Å²) in [5, 5.41) is 16.2. The molecule has 3 aliphatic rings. The van der Waals surface area contributed by atoms with Crippen molar-refractivity contribution in [3.05, 3.63) is 29.8 Å². The van der Waals surface area contributed by atoms with Crippen molar-refractivity contribution in [2.45, 2.75) is 135 Å². The summed E-state index contributed by atoms with van der Waals surface area (Å²) in [7, 11) is 6.92. The summed E-state index contributed by atoms with van der Waals surface area (Å²) in [6.07, 6.45) is 3.57.